The topological polar surface area (TPSA) is 83.6 Å². The fourth-order valence-electron chi connectivity index (χ4n) is 4.34. The molecule has 1 saturated heterocycles. The molecule has 3 heterocycles. The standard InChI is InChI=1S/C27H35N5O4/c1-8-22-20-15-19(12-13-23(20)32(29-22)24-11-9-10-14-34-24)21-16-28-31(7)25(21)35-18(2)17-30(6)26(33)36-27(3,4)5/h1,12-13,15-16,18,24H,9-11,14,17H2,2-7H3/t18-,24?/m0/s1. The molecule has 192 valence electrons. The summed E-state index contributed by atoms with van der Waals surface area (Å²) in [5.41, 5.74) is 2.71. The monoisotopic (exact) mass is 493 g/mol. The minimum absolute atomic E-state index is 0.103. The van der Waals surface area contributed by atoms with E-state index in [1.165, 1.54) is 4.90 Å². The number of carbonyl (C=O) groups is 1. The summed E-state index contributed by atoms with van der Waals surface area (Å²) in [6, 6.07) is 6.07. The molecule has 1 aromatic carbocycles. The molecule has 9 heteroatoms. The Balaban J connectivity index is 1.57. The molecule has 36 heavy (non-hydrogen) atoms. The van der Waals surface area contributed by atoms with Crippen LogP contribution in [0.15, 0.2) is 24.4 Å². The van der Waals surface area contributed by atoms with E-state index >= 15 is 0 Å². The summed E-state index contributed by atoms with van der Waals surface area (Å²) >= 11 is 0. The first-order valence-electron chi connectivity index (χ1n) is 12.3. The molecule has 1 unspecified atom stereocenters. The van der Waals surface area contributed by atoms with Crippen molar-refractivity contribution in [1.29, 1.82) is 0 Å². The summed E-state index contributed by atoms with van der Waals surface area (Å²) < 4.78 is 21.2. The van der Waals surface area contributed by atoms with Gasteiger partial charge in [0.2, 0.25) is 5.88 Å². The van der Waals surface area contributed by atoms with Crippen LogP contribution in [-0.4, -0.2) is 62.5 Å². The number of carbonyl (C=O) groups excluding carboxylic acids is 1. The molecule has 9 nitrogen and oxygen atoms in total. The van der Waals surface area contributed by atoms with E-state index in [2.05, 4.69) is 16.1 Å². The first kappa shape index (κ1) is 25.6. The number of hydrogen-bond acceptors (Lipinski definition) is 6. The van der Waals surface area contributed by atoms with Crippen LogP contribution in [0.1, 0.15) is 58.9 Å². The van der Waals surface area contributed by atoms with Gasteiger partial charge in [-0.1, -0.05) is 6.07 Å². The van der Waals surface area contributed by atoms with E-state index in [9.17, 15) is 4.79 Å². The summed E-state index contributed by atoms with van der Waals surface area (Å²) in [5, 5.41) is 9.97. The third-order valence-electron chi connectivity index (χ3n) is 6.02. The lowest BCUT2D eigenvalue weighted by Gasteiger charge is -2.26. The fourth-order valence-corrected chi connectivity index (χ4v) is 4.34. The molecule has 1 amide bonds. The molecular weight excluding hydrogens is 458 g/mol. The van der Waals surface area contributed by atoms with Gasteiger partial charge < -0.3 is 19.1 Å². The van der Waals surface area contributed by atoms with E-state index < -0.39 is 11.7 Å². The first-order chi connectivity index (χ1) is 17.1. The predicted octanol–water partition coefficient (Wildman–Crippen LogP) is 4.75. The molecule has 0 N–H and O–H groups in total. The maximum Gasteiger partial charge on any atom is 0.410 e. The third-order valence-corrected chi connectivity index (χ3v) is 6.02. The Morgan fingerprint density at radius 1 is 1.36 bits per heavy atom. The van der Waals surface area contributed by atoms with Gasteiger partial charge in [-0.3, -0.25) is 0 Å². The summed E-state index contributed by atoms with van der Waals surface area (Å²) in [7, 11) is 3.52. The smallest absolute Gasteiger partial charge is 0.410 e. The zero-order valence-electron chi connectivity index (χ0n) is 21.9. The molecule has 0 radical (unpaired) electrons. The summed E-state index contributed by atoms with van der Waals surface area (Å²) in [6.07, 6.45) is 9.87. The highest BCUT2D eigenvalue weighted by Gasteiger charge is 2.24. The van der Waals surface area contributed by atoms with Crippen molar-refractivity contribution in [3.05, 3.63) is 30.1 Å². The maximum atomic E-state index is 12.4. The fraction of sp³-hybridized carbons (Fsp3) is 0.519. The van der Waals surface area contributed by atoms with Gasteiger partial charge in [-0.2, -0.15) is 10.2 Å². The Morgan fingerprint density at radius 3 is 2.81 bits per heavy atom. The highest BCUT2D eigenvalue weighted by Crippen LogP contribution is 2.35. The van der Waals surface area contributed by atoms with Crippen molar-refractivity contribution in [2.75, 3.05) is 20.2 Å². The highest BCUT2D eigenvalue weighted by molar-refractivity contribution is 5.89. The molecule has 3 aromatic rings. The number of nitrogens with zero attached hydrogens (tertiary/aromatic N) is 5. The van der Waals surface area contributed by atoms with E-state index in [-0.39, 0.29) is 12.3 Å². The van der Waals surface area contributed by atoms with Gasteiger partial charge in [-0.05, 0) is 70.6 Å². The molecule has 2 atom stereocenters. The van der Waals surface area contributed by atoms with Crippen LogP contribution < -0.4 is 4.74 Å². The summed E-state index contributed by atoms with van der Waals surface area (Å²) in [5.74, 6) is 3.32. The van der Waals surface area contributed by atoms with E-state index in [0.717, 1.165) is 47.9 Å². The van der Waals surface area contributed by atoms with Gasteiger partial charge in [-0.25, -0.2) is 14.2 Å². The number of amides is 1. The van der Waals surface area contributed by atoms with E-state index in [4.69, 9.17) is 20.6 Å². The zero-order valence-corrected chi connectivity index (χ0v) is 21.9. The van der Waals surface area contributed by atoms with Crippen molar-refractivity contribution in [2.45, 2.75) is 64.9 Å². The molecule has 1 aliphatic heterocycles. The average molecular weight is 494 g/mol. The van der Waals surface area contributed by atoms with Crippen molar-refractivity contribution in [1.82, 2.24) is 24.5 Å². The van der Waals surface area contributed by atoms with Gasteiger partial charge >= 0.3 is 6.09 Å². The van der Waals surface area contributed by atoms with E-state index in [1.807, 2.05) is 57.6 Å². The minimum atomic E-state index is -0.558. The zero-order chi connectivity index (χ0) is 26.0. The van der Waals surface area contributed by atoms with Gasteiger partial charge in [0.25, 0.3) is 0 Å². The van der Waals surface area contributed by atoms with Crippen molar-refractivity contribution in [2.24, 2.45) is 7.05 Å². The number of hydrogen-bond donors (Lipinski definition) is 0. The number of aryl methyl sites for hydroxylation is 1. The van der Waals surface area contributed by atoms with Crippen LogP contribution in [-0.2, 0) is 16.5 Å². The van der Waals surface area contributed by atoms with E-state index in [1.54, 1.807) is 17.9 Å². The number of fused-ring (bicyclic) bond motifs is 1. The lowest BCUT2D eigenvalue weighted by molar-refractivity contribution is -0.0367. The summed E-state index contributed by atoms with van der Waals surface area (Å²) in [4.78, 5) is 13.9. The predicted molar refractivity (Wildman–Crippen MR) is 138 cm³/mol. The van der Waals surface area contributed by atoms with Gasteiger partial charge in [0.1, 0.15) is 17.4 Å². The number of likely N-dealkylation sites (N-methyl/N-ethyl adjacent to an activating group) is 1. The third kappa shape index (κ3) is 5.49. The van der Waals surface area contributed by atoms with Crippen molar-refractivity contribution in [3.63, 3.8) is 0 Å². The SMILES string of the molecule is C#Cc1nn(C2CCCCO2)c2ccc(-c3cnn(C)c3O[C@@H](C)CN(C)C(=O)OC(C)(C)C)cc12. The molecule has 1 fully saturated rings. The highest BCUT2D eigenvalue weighted by atomic mass is 16.6. The molecule has 0 bridgehead atoms. The van der Waals surface area contributed by atoms with Crippen LogP contribution in [0.3, 0.4) is 0 Å². The minimum Gasteiger partial charge on any atom is -0.472 e. The normalized spacial score (nSPS) is 17.0. The van der Waals surface area contributed by atoms with Crippen molar-refractivity contribution >= 4 is 17.0 Å². The second-order valence-corrected chi connectivity index (χ2v) is 10.3. The number of ether oxygens (including phenoxy) is 3. The molecule has 0 saturated carbocycles. The van der Waals surface area contributed by atoms with Crippen LogP contribution in [0.2, 0.25) is 0 Å². The summed E-state index contributed by atoms with van der Waals surface area (Å²) in [6.45, 7) is 8.52. The van der Waals surface area contributed by atoms with Crippen molar-refractivity contribution < 1.29 is 19.0 Å². The van der Waals surface area contributed by atoms with E-state index in [0.29, 0.717) is 18.1 Å². The number of aromatic nitrogens is 4. The Kier molecular flexibility index (Phi) is 7.27. The van der Waals surface area contributed by atoms with Gasteiger partial charge in [-0.15, -0.1) is 6.42 Å². The Bertz CT molecular complexity index is 1270. The average Bonchev–Trinajstić information content (AvgIpc) is 3.38. The molecular formula is C27H35N5O4. The lowest BCUT2D eigenvalue weighted by atomic mass is 10.1. The quantitative estimate of drug-likeness (QED) is 0.461. The molecule has 1 aliphatic rings. The largest absolute Gasteiger partial charge is 0.472 e. The first-order valence-corrected chi connectivity index (χ1v) is 12.3. The number of rotatable bonds is 6. The lowest BCUT2D eigenvalue weighted by Crippen LogP contribution is -2.39. The van der Waals surface area contributed by atoms with Crippen LogP contribution in [0.5, 0.6) is 5.88 Å². The van der Waals surface area contributed by atoms with Gasteiger partial charge in [0.15, 0.2) is 6.23 Å². The second kappa shape index (κ2) is 10.2. The van der Waals surface area contributed by atoms with Crippen LogP contribution in [0, 0.1) is 12.3 Å². The van der Waals surface area contributed by atoms with Crippen LogP contribution in [0.4, 0.5) is 4.79 Å². The Labute approximate surface area is 212 Å². The number of terminal acetylenes is 1. The van der Waals surface area contributed by atoms with Crippen LogP contribution >= 0.6 is 0 Å². The Hall–Kier alpha value is -3.51. The van der Waals surface area contributed by atoms with Crippen LogP contribution in [0.25, 0.3) is 22.0 Å². The van der Waals surface area contributed by atoms with Gasteiger partial charge in [0.05, 0.1) is 23.8 Å². The second-order valence-electron chi connectivity index (χ2n) is 10.3. The molecule has 0 aliphatic carbocycles. The molecule has 4 rings (SSSR count). The number of benzene rings is 1. The van der Waals surface area contributed by atoms with Gasteiger partial charge in [0, 0.05) is 26.1 Å². The van der Waals surface area contributed by atoms with Crippen molar-refractivity contribution in [3.8, 4) is 29.4 Å². The Morgan fingerprint density at radius 2 is 2.14 bits per heavy atom. The molecule has 0 spiro atoms. The molecule has 2 aromatic heterocycles. The maximum absolute atomic E-state index is 12.4.